The molecule has 1 aliphatic rings. The summed E-state index contributed by atoms with van der Waals surface area (Å²) >= 11 is 0. The van der Waals surface area contributed by atoms with Crippen molar-refractivity contribution in [3.8, 4) is 0 Å². The van der Waals surface area contributed by atoms with Crippen LogP contribution < -0.4 is 9.80 Å². The van der Waals surface area contributed by atoms with Crippen molar-refractivity contribution < 1.29 is 9.21 Å². The Balaban J connectivity index is 1.86. The van der Waals surface area contributed by atoms with E-state index in [-0.39, 0.29) is 5.91 Å². The van der Waals surface area contributed by atoms with Crippen LogP contribution in [0.4, 0.5) is 11.6 Å². The van der Waals surface area contributed by atoms with Crippen LogP contribution in [0.5, 0.6) is 0 Å². The number of likely N-dealkylation sites (N-methyl/N-ethyl adjacent to an activating group) is 1. The summed E-state index contributed by atoms with van der Waals surface area (Å²) in [6.45, 7) is 1.28. The molecule has 1 aromatic carbocycles. The van der Waals surface area contributed by atoms with E-state index >= 15 is 0 Å². The SMILES string of the molecule is CN1CCN(C(=O)c2ccoc2)c2nc3ccccc3nc21. The van der Waals surface area contributed by atoms with E-state index in [1.807, 2.05) is 36.2 Å². The van der Waals surface area contributed by atoms with Gasteiger partial charge in [-0.15, -0.1) is 0 Å². The van der Waals surface area contributed by atoms with Crippen molar-refractivity contribution in [1.82, 2.24) is 9.97 Å². The molecule has 0 atom stereocenters. The number of hydrogen-bond donors (Lipinski definition) is 0. The number of carbonyl (C=O) groups is 1. The fourth-order valence-corrected chi connectivity index (χ4v) is 2.62. The fraction of sp³-hybridized carbons (Fsp3) is 0.188. The minimum Gasteiger partial charge on any atom is -0.472 e. The number of fused-ring (bicyclic) bond motifs is 2. The lowest BCUT2D eigenvalue weighted by atomic mass is 10.2. The van der Waals surface area contributed by atoms with Gasteiger partial charge < -0.3 is 9.32 Å². The van der Waals surface area contributed by atoms with E-state index < -0.39 is 0 Å². The van der Waals surface area contributed by atoms with Gasteiger partial charge in [-0.05, 0) is 18.2 Å². The lowest BCUT2D eigenvalue weighted by Gasteiger charge is -2.33. The third-order valence-electron chi connectivity index (χ3n) is 3.82. The first kappa shape index (κ1) is 12.8. The zero-order chi connectivity index (χ0) is 15.1. The molecule has 0 spiro atoms. The Bertz CT molecular complexity index is 844. The van der Waals surface area contributed by atoms with Crippen molar-refractivity contribution in [3.63, 3.8) is 0 Å². The maximum atomic E-state index is 12.6. The number of benzene rings is 1. The van der Waals surface area contributed by atoms with Crippen molar-refractivity contribution in [3.05, 3.63) is 48.4 Å². The molecule has 3 heterocycles. The molecule has 0 saturated carbocycles. The summed E-state index contributed by atoms with van der Waals surface area (Å²) in [4.78, 5) is 25.6. The molecule has 1 amide bonds. The summed E-state index contributed by atoms with van der Waals surface area (Å²) in [5, 5.41) is 0. The number of rotatable bonds is 1. The van der Waals surface area contributed by atoms with E-state index in [4.69, 9.17) is 4.42 Å². The molecular formula is C16H14N4O2. The van der Waals surface area contributed by atoms with Crippen molar-refractivity contribution in [1.29, 1.82) is 0 Å². The molecule has 2 aromatic heterocycles. The van der Waals surface area contributed by atoms with Gasteiger partial charge in [0.1, 0.15) is 6.26 Å². The molecule has 0 unspecified atom stereocenters. The molecule has 0 aliphatic carbocycles. The third-order valence-corrected chi connectivity index (χ3v) is 3.82. The van der Waals surface area contributed by atoms with E-state index in [1.165, 1.54) is 12.5 Å². The number of hydrogen-bond acceptors (Lipinski definition) is 5. The number of carbonyl (C=O) groups excluding carboxylic acids is 1. The van der Waals surface area contributed by atoms with Gasteiger partial charge in [0.2, 0.25) is 0 Å². The van der Waals surface area contributed by atoms with Crippen LogP contribution in [-0.2, 0) is 0 Å². The predicted octanol–water partition coefficient (Wildman–Crippen LogP) is 2.32. The smallest absolute Gasteiger partial charge is 0.262 e. The molecule has 110 valence electrons. The van der Waals surface area contributed by atoms with E-state index in [0.29, 0.717) is 24.5 Å². The van der Waals surface area contributed by atoms with E-state index in [2.05, 4.69) is 9.97 Å². The van der Waals surface area contributed by atoms with Gasteiger partial charge in [0.25, 0.3) is 5.91 Å². The Kier molecular flexibility index (Phi) is 2.82. The highest BCUT2D eigenvalue weighted by atomic mass is 16.3. The second kappa shape index (κ2) is 4.84. The van der Waals surface area contributed by atoms with E-state index in [9.17, 15) is 4.79 Å². The van der Waals surface area contributed by atoms with Gasteiger partial charge in [-0.3, -0.25) is 9.69 Å². The fourth-order valence-electron chi connectivity index (χ4n) is 2.62. The predicted molar refractivity (Wildman–Crippen MR) is 83.2 cm³/mol. The molecule has 6 nitrogen and oxygen atoms in total. The van der Waals surface area contributed by atoms with Gasteiger partial charge in [-0.1, -0.05) is 12.1 Å². The highest BCUT2D eigenvalue weighted by Crippen LogP contribution is 2.31. The van der Waals surface area contributed by atoms with Gasteiger partial charge in [-0.2, -0.15) is 0 Å². The van der Waals surface area contributed by atoms with Crippen LogP contribution in [-0.4, -0.2) is 36.0 Å². The van der Waals surface area contributed by atoms with Crippen LogP contribution in [0, 0.1) is 0 Å². The number of nitrogens with zero attached hydrogens (tertiary/aromatic N) is 4. The number of furan rings is 1. The summed E-state index contributed by atoms with van der Waals surface area (Å²) in [6, 6.07) is 9.33. The summed E-state index contributed by atoms with van der Waals surface area (Å²) in [5.41, 5.74) is 2.12. The zero-order valence-corrected chi connectivity index (χ0v) is 12.1. The average Bonchev–Trinajstić information content (AvgIpc) is 3.08. The molecule has 6 heteroatoms. The van der Waals surface area contributed by atoms with Gasteiger partial charge in [0, 0.05) is 20.1 Å². The summed E-state index contributed by atoms with van der Waals surface area (Å²) in [6.07, 6.45) is 2.95. The Hall–Kier alpha value is -2.89. The summed E-state index contributed by atoms with van der Waals surface area (Å²) in [7, 11) is 1.96. The average molecular weight is 294 g/mol. The molecular weight excluding hydrogens is 280 g/mol. The molecule has 0 saturated heterocycles. The molecule has 0 bridgehead atoms. The number of aromatic nitrogens is 2. The Labute approximate surface area is 127 Å². The quantitative estimate of drug-likeness (QED) is 0.689. The minimum absolute atomic E-state index is 0.118. The molecule has 4 rings (SSSR count). The second-order valence-corrected chi connectivity index (χ2v) is 5.25. The number of amides is 1. The molecule has 22 heavy (non-hydrogen) atoms. The first-order valence-electron chi connectivity index (χ1n) is 7.06. The molecule has 3 aromatic rings. The van der Waals surface area contributed by atoms with E-state index in [0.717, 1.165) is 16.9 Å². The normalized spacial score (nSPS) is 14.2. The van der Waals surface area contributed by atoms with Crippen LogP contribution in [0.3, 0.4) is 0 Å². The number of para-hydroxylation sites is 2. The largest absolute Gasteiger partial charge is 0.472 e. The first-order chi connectivity index (χ1) is 10.7. The van der Waals surface area contributed by atoms with Crippen LogP contribution in [0.1, 0.15) is 10.4 Å². The highest BCUT2D eigenvalue weighted by molar-refractivity contribution is 6.07. The summed E-state index contributed by atoms with van der Waals surface area (Å²) < 4.78 is 5.01. The van der Waals surface area contributed by atoms with Gasteiger partial charge in [0.15, 0.2) is 11.6 Å². The minimum atomic E-state index is -0.118. The monoisotopic (exact) mass is 294 g/mol. The lowest BCUT2D eigenvalue weighted by molar-refractivity contribution is 0.0985. The van der Waals surface area contributed by atoms with Crippen molar-refractivity contribution >= 4 is 28.6 Å². The van der Waals surface area contributed by atoms with E-state index in [1.54, 1.807) is 11.0 Å². The Morgan fingerprint density at radius 2 is 1.82 bits per heavy atom. The maximum absolute atomic E-state index is 12.6. The van der Waals surface area contributed by atoms with Gasteiger partial charge in [-0.25, -0.2) is 9.97 Å². The molecule has 0 radical (unpaired) electrons. The number of anilines is 2. The molecule has 0 N–H and O–H groups in total. The first-order valence-corrected chi connectivity index (χ1v) is 7.06. The van der Waals surface area contributed by atoms with Crippen molar-refractivity contribution in [2.45, 2.75) is 0 Å². The third kappa shape index (κ3) is 1.92. The highest BCUT2D eigenvalue weighted by Gasteiger charge is 2.29. The van der Waals surface area contributed by atoms with Crippen LogP contribution in [0.25, 0.3) is 11.0 Å². The van der Waals surface area contributed by atoms with Crippen molar-refractivity contribution in [2.24, 2.45) is 0 Å². The Morgan fingerprint density at radius 3 is 2.50 bits per heavy atom. The lowest BCUT2D eigenvalue weighted by Crippen LogP contribution is -2.43. The van der Waals surface area contributed by atoms with Crippen LogP contribution in [0.2, 0.25) is 0 Å². The zero-order valence-electron chi connectivity index (χ0n) is 12.1. The Morgan fingerprint density at radius 1 is 1.09 bits per heavy atom. The topological polar surface area (TPSA) is 62.5 Å². The second-order valence-electron chi connectivity index (χ2n) is 5.25. The maximum Gasteiger partial charge on any atom is 0.262 e. The van der Waals surface area contributed by atoms with Crippen molar-refractivity contribution in [2.75, 3.05) is 29.9 Å². The molecule has 0 fully saturated rings. The van der Waals surface area contributed by atoms with Gasteiger partial charge >= 0.3 is 0 Å². The van der Waals surface area contributed by atoms with Crippen LogP contribution >= 0.6 is 0 Å². The summed E-state index contributed by atoms with van der Waals surface area (Å²) in [5.74, 6) is 1.20. The van der Waals surface area contributed by atoms with Crippen LogP contribution in [0.15, 0.2) is 47.3 Å². The molecule has 1 aliphatic heterocycles. The van der Waals surface area contributed by atoms with Gasteiger partial charge in [0.05, 0.1) is 22.9 Å². The standard InChI is InChI=1S/C16H14N4O2/c1-19-7-8-20(16(21)11-6-9-22-10-11)15-14(19)17-12-4-2-3-5-13(12)18-15/h2-6,9-10H,7-8H2,1H3.